The van der Waals surface area contributed by atoms with E-state index in [-0.39, 0.29) is 11.3 Å². The second kappa shape index (κ2) is 5.77. The molecule has 1 aromatic carbocycles. The summed E-state index contributed by atoms with van der Waals surface area (Å²) < 4.78 is 14.3. The number of aromatic nitrogens is 1. The van der Waals surface area contributed by atoms with Gasteiger partial charge in [-0.25, -0.2) is 10.2 Å². The Morgan fingerprint density at radius 1 is 1.32 bits per heavy atom. The molecule has 4 N–H and O–H groups in total. The van der Waals surface area contributed by atoms with E-state index in [0.717, 1.165) is 0 Å². The number of nitrogens with zero attached hydrogens (tertiary/aromatic N) is 1. The number of carbonyl (C=O) groups excluding carboxylic acids is 1. The van der Waals surface area contributed by atoms with Crippen molar-refractivity contribution < 1.29 is 9.18 Å². The zero-order valence-electron chi connectivity index (χ0n) is 9.65. The van der Waals surface area contributed by atoms with Crippen LogP contribution in [-0.2, 0) is 0 Å². The molecule has 0 saturated heterocycles. The van der Waals surface area contributed by atoms with Gasteiger partial charge in [-0.05, 0) is 24.3 Å². The van der Waals surface area contributed by atoms with Gasteiger partial charge in [0.25, 0.3) is 5.91 Å². The van der Waals surface area contributed by atoms with Crippen LogP contribution < -0.4 is 16.6 Å². The number of pyridine rings is 1. The first-order chi connectivity index (χ1) is 9.11. The highest BCUT2D eigenvalue weighted by atomic mass is 79.9. The predicted octanol–water partition coefficient (Wildman–Crippen LogP) is 2.33. The van der Waals surface area contributed by atoms with E-state index >= 15 is 0 Å². The van der Waals surface area contributed by atoms with Gasteiger partial charge < -0.3 is 5.32 Å². The molecule has 1 aromatic heterocycles. The average Bonchev–Trinajstić information content (AvgIpc) is 2.41. The van der Waals surface area contributed by atoms with Gasteiger partial charge in [-0.15, -0.1) is 0 Å². The summed E-state index contributed by atoms with van der Waals surface area (Å²) in [6.07, 6.45) is 2.87. The summed E-state index contributed by atoms with van der Waals surface area (Å²) in [5, 5.41) is 2.81. The topological polar surface area (TPSA) is 80.0 Å². The Balaban J connectivity index is 2.35. The van der Waals surface area contributed by atoms with Gasteiger partial charge >= 0.3 is 0 Å². The van der Waals surface area contributed by atoms with Gasteiger partial charge in [0.15, 0.2) is 0 Å². The third-order valence-corrected chi connectivity index (χ3v) is 2.89. The lowest BCUT2D eigenvalue weighted by Crippen LogP contribution is -2.30. The molecule has 0 bridgehead atoms. The molecule has 2 rings (SSSR count). The highest BCUT2D eigenvalue weighted by Gasteiger charge is 2.11. The highest BCUT2D eigenvalue weighted by molar-refractivity contribution is 9.10. The van der Waals surface area contributed by atoms with Gasteiger partial charge in [0, 0.05) is 10.7 Å². The van der Waals surface area contributed by atoms with Crippen LogP contribution in [0.25, 0.3) is 0 Å². The van der Waals surface area contributed by atoms with E-state index < -0.39 is 11.7 Å². The van der Waals surface area contributed by atoms with Crippen LogP contribution in [0.5, 0.6) is 0 Å². The molecular weight excluding hydrogens is 315 g/mol. The van der Waals surface area contributed by atoms with Gasteiger partial charge in [-0.1, -0.05) is 15.9 Å². The first-order valence-corrected chi connectivity index (χ1v) is 6.08. The standard InChI is InChI=1S/C12H10BrFN4O/c13-7-1-2-10(9(14)5-7)17-11-6-16-4-3-8(11)12(19)18-15/h1-6,17H,15H2,(H,18,19). The number of hydrogen-bond acceptors (Lipinski definition) is 4. The fourth-order valence-corrected chi connectivity index (χ4v) is 1.84. The number of halogens is 2. The molecule has 0 unspecified atom stereocenters. The third kappa shape index (κ3) is 3.07. The lowest BCUT2D eigenvalue weighted by Gasteiger charge is -2.11. The summed E-state index contributed by atoms with van der Waals surface area (Å²) in [4.78, 5) is 15.4. The summed E-state index contributed by atoms with van der Waals surface area (Å²) in [5.41, 5.74) is 2.91. The van der Waals surface area contributed by atoms with Crippen molar-refractivity contribution in [3.63, 3.8) is 0 Å². The number of nitrogens with one attached hydrogen (secondary N) is 2. The van der Waals surface area contributed by atoms with Crippen molar-refractivity contribution in [3.8, 4) is 0 Å². The van der Waals surface area contributed by atoms with Crippen LogP contribution in [0.4, 0.5) is 15.8 Å². The van der Waals surface area contributed by atoms with Crippen molar-refractivity contribution in [2.24, 2.45) is 5.84 Å². The maximum absolute atomic E-state index is 13.7. The number of anilines is 2. The van der Waals surface area contributed by atoms with E-state index in [2.05, 4.69) is 26.2 Å². The molecule has 2 aromatic rings. The van der Waals surface area contributed by atoms with Crippen molar-refractivity contribution in [1.82, 2.24) is 10.4 Å². The number of nitrogen functional groups attached to an aromatic ring is 1. The number of hydrazine groups is 1. The summed E-state index contributed by atoms with van der Waals surface area (Å²) in [6.45, 7) is 0. The molecule has 0 radical (unpaired) electrons. The van der Waals surface area contributed by atoms with Crippen LogP contribution in [0.15, 0.2) is 41.1 Å². The van der Waals surface area contributed by atoms with Crippen molar-refractivity contribution in [2.75, 3.05) is 5.32 Å². The summed E-state index contributed by atoms with van der Waals surface area (Å²) in [7, 11) is 0. The normalized spacial score (nSPS) is 10.1. The number of rotatable bonds is 3. The minimum absolute atomic E-state index is 0.238. The van der Waals surface area contributed by atoms with Crippen LogP contribution in [0.1, 0.15) is 10.4 Å². The van der Waals surface area contributed by atoms with Gasteiger partial charge in [0.2, 0.25) is 0 Å². The fraction of sp³-hybridized carbons (Fsp3) is 0. The molecule has 19 heavy (non-hydrogen) atoms. The molecule has 0 aliphatic carbocycles. The quantitative estimate of drug-likeness (QED) is 0.460. The third-order valence-electron chi connectivity index (χ3n) is 2.40. The van der Waals surface area contributed by atoms with E-state index in [1.54, 1.807) is 12.1 Å². The number of hydrogen-bond donors (Lipinski definition) is 3. The molecule has 1 heterocycles. The zero-order chi connectivity index (χ0) is 13.8. The van der Waals surface area contributed by atoms with Crippen molar-refractivity contribution >= 4 is 33.2 Å². The largest absolute Gasteiger partial charge is 0.351 e. The fourth-order valence-electron chi connectivity index (χ4n) is 1.51. The molecule has 0 saturated carbocycles. The van der Waals surface area contributed by atoms with Crippen LogP contribution in [-0.4, -0.2) is 10.9 Å². The monoisotopic (exact) mass is 324 g/mol. The molecule has 0 aliphatic heterocycles. The zero-order valence-corrected chi connectivity index (χ0v) is 11.2. The van der Waals surface area contributed by atoms with Crippen molar-refractivity contribution in [2.45, 2.75) is 0 Å². The van der Waals surface area contributed by atoms with Crippen molar-refractivity contribution in [1.29, 1.82) is 0 Å². The van der Waals surface area contributed by atoms with E-state index in [0.29, 0.717) is 10.2 Å². The Hall–Kier alpha value is -1.99. The Morgan fingerprint density at radius 2 is 2.11 bits per heavy atom. The Bertz CT molecular complexity index is 620. The molecule has 0 aliphatic rings. The number of nitrogens with two attached hydrogens (primary N) is 1. The van der Waals surface area contributed by atoms with E-state index in [9.17, 15) is 9.18 Å². The Labute approximate surface area is 117 Å². The van der Waals surface area contributed by atoms with Crippen LogP contribution in [0.2, 0.25) is 0 Å². The van der Waals surface area contributed by atoms with Crippen LogP contribution in [0, 0.1) is 5.82 Å². The molecular formula is C12H10BrFN4O. The average molecular weight is 325 g/mol. The van der Waals surface area contributed by atoms with Gasteiger partial charge in [0.1, 0.15) is 5.82 Å². The Kier molecular flexibility index (Phi) is 4.08. The molecule has 5 nitrogen and oxygen atoms in total. The molecule has 0 fully saturated rings. The van der Waals surface area contributed by atoms with Crippen LogP contribution in [0.3, 0.4) is 0 Å². The van der Waals surface area contributed by atoms with Gasteiger partial charge in [-0.2, -0.15) is 0 Å². The number of amides is 1. The maximum atomic E-state index is 13.7. The first kappa shape index (κ1) is 13.4. The predicted molar refractivity (Wildman–Crippen MR) is 73.3 cm³/mol. The second-order valence-electron chi connectivity index (χ2n) is 3.64. The van der Waals surface area contributed by atoms with E-state index in [1.165, 1.54) is 24.5 Å². The van der Waals surface area contributed by atoms with Crippen LogP contribution >= 0.6 is 15.9 Å². The highest BCUT2D eigenvalue weighted by Crippen LogP contribution is 2.24. The van der Waals surface area contributed by atoms with E-state index in [1.807, 2.05) is 5.43 Å². The molecule has 7 heteroatoms. The molecule has 98 valence electrons. The Morgan fingerprint density at radius 3 is 2.79 bits per heavy atom. The smallest absolute Gasteiger partial charge is 0.267 e. The first-order valence-electron chi connectivity index (χ1n) is 5.29. The van der Waals surface area contributed by atoms with Gasteiger partial charge in [-0.3, -0.25) is 15.2 Å². The summed E-state index contributed by atoms with van der Waals surface area (Å²) in [5.74, 6) is 4.16. The molecule has 0 spiro atoms. The number of carbonyl (C=O) groups is 1. The maximum Gasteiger partial charge on any atom is 0.267 e. The molecule has 0 atom stereocenters. The van der Waals surface area contributed by atoms with E-state index in [4.69, 9.17) is 5.84 Å². The summed E-state index contributed by atoms with van der Waals surface area (Å²) >= 11 is 3.17. The number of benzene rings is 1. The minimum Gasteiger partial charge on any atom is -0.351 e. The minimum atomic E-state index is -0.484. The second-order valence-corrected chi connectivity index (χ2v) is 4.56. The lowest BCUT2D eigenvalue weighted by molar-refractivity contribution is 0.0954. The molecule has 1 amide bonds. The van der Waals surface area contributed by atoms with Gasteiger partial charge in [0.05, 0.1) is 23.1 Å². The van der Waals surface area contributed by atoms with Crippen molar-refractivity contribution in [3.05, 3.63) is 52.5 Å². The SMILES string of the molecule is NNC(=O)c1ccncc1Nc1ccc(Br)cc1F. The lowest BCUT2D eigenvalue weighted by atomic mass is 10.2. The summed E-state index contributed by atoms with van der Waals surface area (Å²) in [6, 6.07) is 6.05.